The van der Waals surface area contributed by atoms with E-state index in [0.717, 1.165) is 12.0 Å². The van der Waals surface area contributed by atoms with Gasteiger partial charge >= 0.3 is 6.09 Å². The first-order valence-electron chi connectivity index (χ1n) is 4.72. The average Bonchev–Trinajstić information content (AvgIpc) is 2.29. The minimum atomic E-state index is -0.573. The van der Waals surface area contributed by atoms with Crippen LogP contribution >= 0.6 is 0 Å². The van der Waals surface area contributed by atoms with Gasteiger partial charge in [0, 0.05) is 0 Å². The average molecular weight is 206 g/mol. The maximum atomic E-state index is 10.7. The highest BCUT2D eigenvalue weighted by molar-refractivity contribution is 5.80. The van der Waals surface area contributed by atoms with Gasteiger partial charge in [-0.25, -0.2) is 10.2 Å². The van der Waals surface area contributed by atoms with Crippen LogP contribution in [0.15, 0.2) is 29.4 Å². The molecule has 1 N–H and O–H groups in total. The second kappa shape index (κ2) is 5.80. The highest BCUT2D eigenvalue weighted by Crippen LogP contribution is 2.02. The van der Waals surface area contributed by atoms with Gasteiger partial charge < -0.3 is 4.74 Å². The number of hydrogen-bond donors (Lipinski definition) is 1. The fraction of sp³-hybridized carbons (Fsp3) is 0.273. The number of ether oxygens (including phenoxy) is 1. The first kappa shape index (κ1) is 11.2. The molecule has 0 aliphatic heterocycles. The Morgan fingerprint density at radius 2 is 2.13 bits per heavy atom. The standard InChI is InChI=1S/C11H14N2O2/c1-3-9-4-6-10(7-5-9)8-12-13-11(14)15-2/h4-8H,3H2,1-2H3,(H,13,14)/b12-8-. The Bertz CT molecular complexity index is 344. The van der Waals surface area contributed by atoms with Crippen LogP contribution in [0.4, 0.5) is 4.79 Å². The minimum Gasteiger partial charge on any atom is -0.452 e. The lowest BCUT2D eigenvalue weighted by Crippen LogP contribution is -2.16. The van der Waals surface area contributed by atoms with Gasteiger partial charge in [0.2, 0.25) is 0 Å². The molecule has 0 atom stereocenters. The first-order chi connectivity index (χ1) is 7.26. The number of carbonyl (C=O) groups excluding carboxylic acids is 1. The number of nitrogens with one attached hydrogen (secondary N) is 1. The van der Waals surface area contributed by atoms with Crippen LogP contribution < -0.4 is 5.43 Å². The van der Waals surface area contributed by atoms with Crippen molar-refractivity contribution >= 4 is 12.3 Å². The van der Waals surface area contributed by atoms with E-state index in [1.54, 1.807) is 6.21 Å². The number of rotatable bonds is 3. The molecule has 1 aromatic rings. The van der Waals surface area contributed by atoms with E-state index < -0.39 is 6.09 Å². The third-order valence-electron chi connectivity index (χ3n) is 1.94. The first-order valence-corrected chi connectivity index (χ1v) is 4.72. The number of hydrazone groups is 1. The second-order valence-electron chi connectivity index (χ2n) is 2.96. The zero-order chi connectivity index (χ0) is 11.1. The Morgan fingerprint density at radius 3 is 2.67 bits per heavy atom. The van der Waals surface area contributed by atoms with E-state index in [1.165, 1.54) is 12.7 Å². The summed E-state index contributed by atoms with van der Waals surface area (Å²) in [4.78, 5) is 10.7. The smallest absolute Gasteiger partial charge is 0.427 e. The fourth-order valence-corrected chi connectivity index (χ4v) is 1.04. The molecule has 0 aromatic heterocycles. The van der Waals surface area contributed by atoms with Crippen LogP contribution in [0, 0.1) is 0 Å². The minimum absolute atomic E-state index is 0.573. The van der Waals surface area contributed by atoms with Gasteiger partial charge in [0.15, 0.2) is 0 Å². The molecule has 0 unspecified atom stereocenters. The summed E-state index contributed by atoms with van der Waals surface area (Å²) in [5.41, 5.74) is 4.42. The normalized spacial score (nSPS) is 10.3. The number of methoxy groups -OCH3 is 1. The molecule has 0 heterocycles. The van der Waals surface area contributed by atoms with Gasteiger partial charge in [-0.3, -0.25) is 0 Å². The predicted molar refractivity (Wildman–Crippen MR) is 59.0 cm³/mol. The number of nitrogens with zero attached hydrogens (tertiary/aromatic N) is 1. The highest BCUT2D eigenvalue weighted by atomic mass is 16.5. The number of hydrogen-bond acceptors (Lipinski definition) is 3. The topological polar surface area (TPSA) is 50.7 Å². The lowest BCUT2D eigenvalue weighted by Gasteiger charge is -1.97. The van der Waals surface area contributed by atoms with E-state index in [9.17, 15) is 4.79 Å². The largest absolute Gasteiger partial charge is 0.452 e. The van der Waals surface area contributed by atoms with E-state index in [2.05, 4.69) is 22.2 Å². The molecule has 0 saturated heterocycles. The van der Waals surface area contributed by atoms with Crippen molar-refractivity contribution in [3.8, 4) is 0 Å². The van der Waals surface area contributed by atoms with Crippen LogP contribution in [-0.4, -0.2) is 19.4 Å². The van der Waals surface area contributed by atoms with Gasteiger partial charge in [0.1, 0.15) is 0 Å². The van der Waals surface area contributed by atoms with Crippen molar-refractivity contribution in [2.24, 2.45) is 5.10 Å². The molecule has 15 heavy (non-hydrogen) atoms. The van der Waals surface area contributed by atoms with Crippen molar-refractivity contribution in [2.45, 2.75) is 13.3 Å². The molecule has 80 valence electrons. The van der Waals surface area contributed by atoms with Crippen molar-refractivity contribution in [3.63, 3.8) is 0 Å². The molecule has 0 aliphatic carbocycles. The summed E-state index contributed by atoms with van der Waals surface area (Å²) in [7, 11) is 1.29. The van der Waals surface area contributed by atoms with Gasteiger partial charge in [0.25, 0.3) is 0 Å². The molecule has 0 aliphatic rings. The summed E-state index contributed by atoms with van der Waals surface area (Å²) in [6.07, 6.45) is 2.00. The van der Waals surface area contributed by atoms with E-state index in [1.807, 2.05) is 24.3 Å². The van der Waals surface area contributed by atoms with Gasteiger partial charge in [-0.1, -0.05) is 31.2 Å². The maximum Gasteiger partial charge on any atom is 0.427 e. The number of carbonyl (C=O) groups is 1. The lowest BCUT2D eigenvalue weighted by molar-refractivity contribution is 0.171. The highest BCUT2D eigenvalue weighted by Gasteiger charge is 1.93. The third kappa shape index (κ3) is 3.81. The van der Waals surface area contributed by atoms with Gasteiger partial charge in [0.05, 0.1) is 13.3 Å². The predicted octanol–water partition coefficient (Wildman–Crippen LogP) is 1.94. The Balaban J connectivity index is 2.53. The van der Waals surface area contributed by atoms with E-state index in [-0.39, 0.29) is 0 Å². The number of benzene rings is 1. The van der Waals surface area contributed by atoms with Crippen LogP contribution in [0.3, 0.4) is 0 Å². The van der Waals surface area contributed by atoms with Gasteiger partial charge in [-0.2, -0.15) is 5.10 Å². The van der Waals surface area contributed by atoms with E-state index in [4.69, 9.17) is 0 Å². The molecular formula is C11H14N2O2. The molecule has 4 nitrogen and oxygen atoms in total. The summed E-state index contributed by atoms with van der Waals surface area (Å²) in [5.74, 6) is 0. The molecule has 0 fully saturated rings. The lowest BCUT2D eigenvalue weighted by atomic mass is 10.1. The van der Waals surface area contributed by atoms with Crippen molar-refractivity contribution in [2.75, 3.05) is 7.11 Å². The van der Waals surface area contributed by atoms with Crippen LogP contribution in [0.1, 0.15) is 18.1 Å². The molecule has 4 heteroatoms. The Labute approximate surface area is 88.9 Å². The molecule has 0 radical (unpaired) electrons. The summed E-state index contributed by atoms with van der Waals surface area (Å²) in [6.45, 7) is 2.10. The molecule has 0 saturated carbocycles. The second-order valence-corrected chi connectivity index (χ2v) is 2.96. The molecule has 1 rings (SSSR count). The summed E-state index contributed by atoms with van der Waals surface area (Å²) in [6, 6.07) is 7.95. The molecular weight excluding hydrogens is 192 g/mol. The van der Waals surface area contributed by atoms with Gasteiger partial charge in [-0.05, 0) is 17.5 Å². The summed E-state index contributed by atoms with van der Waals surface area (Å²) >= 11 is 0. The molecule has 1 aromatic carbocycles. The quantitative estimate of drug-likeness (QED) is 0.607. The maximum absolute atomic E-state index is 10.7. The van der Waals surface area contributed by atoms with Crippen LogP contribution in [0.25, 0.3) is 0 Å². The summed E-state index contributed by atoms with van der Waals surface area (Å²) < 4.78 is 4.36. The zero-order valence-electron chi connectivity index (χ0n) is 8.86. The van der Waals surface area contributed by atoms with E-state index in [0.29, 0.717) is 0 Å². The number of amides is 1. The Hall–Kier alpha value is -1.84. The van der Waals surface area contributed by atoms with Crippen LogP contribution in [0.2, 0.25) is 0 Å². The van der Waals surface area contributed by atoms with Gasteiger partial charge in [-0.15, -0.1) is 0 Å². The third-order valence-corrected chi connectivity index (χ3v) is 1.94. The van der Waals surface area contributed by atoms with E-state index >= 15 is 0 Å². The Kier molecular flexibility index (Phi) is 4.34. The zero-order valence-corrected chi connectivity index (χ0v) is 8.86. The fourth-order valence-electron chi connectivity index (χ4n) is 1.04. The summed E-state index contributed by atoms with van der Waals surface area (Å²) in [5, 5.41) is 3.72. The van der Waals surface area contributed by atoms with Crippen molar-refractivity contribution in [3.05, 3.63) is 35.4 Å². The monoisotopic (exact) mass is 206 g/mol. The van der Waals surface area contributed by atoms with Crippen molar-refractivity contribution in [1.29, 1.82) is 0 Å². The molecule has 1 amide bonds. The van der Waals surface area contributed by atoms with Crippen molar-refractivity contribution in [1.82, 2.24) is 5.43 Å². The van der Waals surface area contributed by atoms with Crippen LogP contribution in [0.5, 0.6) is 0 Å². The van der Waals surface area contributed by atoms with Crippen LogP contribution in [-0.2, 0) is 11.2 Å². The SMILES string of the molecule is CCc1ccc(/C=N\NC(=O)OC)cc1. The molecule has 0 spiro atoms. The number of aryl methyl sites for hydroxylation is 1. The Morgan fingerprint density at radius 1 is 1.47 bits per heavy atom. The van der Waals surface area contributed by atoms with Crippen molar-refractivity contribution < 1.29 is 9.53 Å². The molecule has 0 bridgehead atoms.